The Morgan fingerprint density at radius 3 is 2.52 bits per heavy atom. The smallest absolute Gasteiger partial charge is 0.319 e. The van der Waals surface area contributed by atoms with Crippen LogP contribution in [0, 0.1) is 11.6 Å². The van der Waals surface area contributed by atoms with Gasteiger partial charge in [-0.3, -0.25) is 4.90 Å². The molecule has 0 bridgehead atoms. The number of ether oxygens (including phenoxy) is 2. The summed E-state index contributed by atoms with van der Waals surface area (Å²) < 4.78 is 43.3. The molecule has 0 unspecified atom stereocenters. The molecule has 0 spiro atoms. The molecular formula is C30H32F2N6O2. The van der Waals surface area contributed by atoms with E-state index >= 15 is 4.39 Å². The first-order valence-electron chi connectivity index (χ1n) is 14.0. The number of hydrogen-bond donors (Lipinski definition) is 1. The lowest BCUT2D eigenvalue weighted by atomic mass is 9.95. The van der Waals surface area contributed by atoms with Crippen LogP contribution in [-0.2, 0) is 0 Å². The van der Waals surface area contributed by atoms with Gasteiger partial charge in [0, 0.05) is 31.7 Å². The Labute approximate surface area is 231 Å². The third-order valence-electron chi connectivity index (χ3n) is 8.69. The summed E-state index contributed by atoms with van der Waals surface area (Å²) in [6.45, 7) is 5.53. The molecule has 0 saturated carbocycles. The van der Waals surface area contributed by atoms with E-state index in [1.54, 1.807) is 6.07 Å². The van der Waals surface area contributed by atoms with Crippen LogP contribution < -0.4 is 19.7 Å². The highest BCUT2D eigenvalue weighted by Gasteiger charge is 2.45. The summed E-state index contributed by atoms with van der Waals surface area (Å²) in [6, 6.07) is 10.2. The zero-order valence-electron chi connectivity index (χ0n) is 22.6. The van der Waals surface area contributed by atoms with Crippen molar-refractivity contribution in [2.45, 2.75) is 31.2 Å². The molecule has 0 amide bonds. The molecule has 3 aliphatic heterocycles. The minimum absolute atomic E-state index is 0.00631. The van der Waals surface area contributed by atoms with E-state index in [9.17, 15) is 4.39 Å². The average molecular weight is 547 g/mol. The summed E-state index contributed by atoms with van der Waals surface area (Å²) in [5.41, 5.74) is 0.367. The van der Waals surface area contributed by atoms with Crippen LogP contribution in [0.3, 0.4) is 0 Å². The fourth-order valence-electron chi connectivity index (χ4n) is 6.73. The monoisotopic (exact) mass is 546 g/mol. The Balaban J connectivity index is 1.40. The lowest BCUT2D eigenvalue weighted by Gasteiger charge is -2.32. The number of rotatable bonds is 6. The van der Waals surface area contributed by atoms with Crippen molar-refractivity contribution < 1.29 is 18.3 Å². The van der Waals surface area contributed by atoms with Gasteiger partial charge in [0.25, 0.3) is 0 Å². The van der Waals surface area contributed by atoms with Crippen LogP contribution in [0.1, 0.15) is 25.7 Å². The van der Waals surface area contributed by atoms with Gasteiger partial charge in [0.05, 0.1) is 12.6 Å². The van der Waals surface area contributed by atoms with Crippen LogP contribution in [0.4, 0.5) is 14.6 Å². The number of benzene rings is 2. The van der Waals surface area contributed by atoms with Gasteiger partial charge in [-0.25, -0.2) is 13.8 Å². The van der Waals surface area contributed by atoms with Crippen LogP contribution >= 0.6 is 0 Å². The van der Waals surface area contributed by atoms with Crippen molar-refractivity contribution in [2.75, 3.05) is 57.9 Å². The fraction of sp³-hybridized carbons (Fsp3) is 0.433. The summed E-state index contributed by atoms with van der Waals surface area (Å²) in [5, 5.41) is 5.08. The van der Waals surface area contributed by atoms with Gasteiger partial charge in [-0.05, 0) is 61.7 Å². The van der Waals surface area contributed by atoms with E-state index in [1.165, 1.54) is 19.2 Å². The number of methoxy groups -OCH3 is 1. The van der Waals surface area contributed by atoms with Gasteiger partial charge in [0.2, 0.25) is 5.88 Å². The molecule has 3 fully saturated rings. The predicted octanol–water partition coefficient (Wildman–Crippen LogP) is 4.55. The molecule has 3 aliphatic rings. The highest BCUT2D eigenvalue weighted by molar-refractivity contribution is 6.01. The van der Waals surface area contributed by atoms with Crippen molar-refractivity contribution in [3.8, 4) is 23.1 Å². The second-order valence-electron chi connectivity index (χ2n) is 11.0. The van der Waals surface area contributed by atoms with Crippen LogP contribution in [0.15, 0.2) is 36.4 Å². The first-order chi connectivity index (χ1) is 19.6. The van der Waals surface area contributed by atoms with Crippen molar-refractivity contribution in [2.24, 2.45) is 0 Å². The van der Waals surface area contributed by atoms with E-state index in [4.69, 9.17) is 14.5 Å². The molecule has 0 atom stereocenters. The van der Waals surface area contributed by atoms with Gasteiger partial charge in [-0.1, -0.05) is 24.3 Å². The Morgan fingerprint density at radius 1 is 0.975 bits per heavy atom. The summed E-state index contributed by atoms with van der Waals surface area (Å²) in [5.74, 6) is -0.403. The van der Waals surface area contributed by atoms with Crippen molar-refractivity contribution in [3.05, 3.63) is 48.0 Å². The number of pyridine rings is 1. The molecule has 1 N–H and O–H groups in total. The first-order valence-corrected chi connectivity index (χ1v) is 14.0. The predicted molar refractivity (Wildman–Crippen MR) is 150 cm³/mol. The molecule has 0 aliphatic carbocycles. The highest BCUT2D eigenvalue weighted by atomic mass is 19.1. The second kappa shape index (κ2) is 10.1. The number of halogens is 2. The van der Waals surface area contributed by atoms with Crippen LogP contribution in [0.2, 0.25) is 0 Å². The van der Waals surface area contributed by atoms with E-state index in [1.807, 2.05) is 18.2 Å². The van der Waals surface area contributed by atoms with Gasteiger partial charge in [-0.15, -0.1) is 0 Å². The summed E-state index contributed by atoms with van der Waals surface area (Å²) in [7, 11) is 1.49. The van der Waals surface area contributed by atoms with Crippen LogP contribution in [-0.4, -0.2) is 78.4 Å². The number of aromatic nitrogens is 3. The first kappa shape index (κ1) is 25.3. The minimum Gasteiger partial charge on any atom is -0.480 e. The third kappa shape index (κ3) is 4.21. The molecule has 0 radical (unpaired) electrons. The normalized spacial score (nSPS) is 18.9. The SMILES string of the molecule is COc1nc(-c2cc(F)cc3ccccc23)c(F)c2nc(OCC34CCCN3CCC4)nc(N3CCNCC3)c12. The van der Waals surface area contributed by atoms with E-state index in [0.29, 0.717) is 47.2 Å². The number of anilines is 1. The fourth-order valence-corrected chi connectivity index (χ4v) is 6.73. The van der Waals surface area contributed by atoms with E-state index in [-0.39, 0.29) is 28.6 Å². The molecule has 3 saturated heterocycles. The maximum Gasteiger partial charge on any atom is 0.319 e. The topological polar surface area (TPSA) is 75.6 Å². The Bertz CT molecular complexity index is 1580. The van der Waals surface area contributed by atoms with E-state index in [2.05, 4.69) is 25.1 Å². The Kier molecular flexibility index (Phi) is 6.39. The Morgan fingerprint density at radius 2 is 1.75 bits per heavy atom. The van der Waals surface area contributed by atoms with Gasteiger partial charge in [0.1, 0.15) is 34.8 Å². The zero-order valence-corrected chi connectivity index (χ0v) is 22.6. The van der Waals surface area contributed by atoms with Crippen molar-refractivity contribution >= 4 is 27.5 Å². The highest BCUT2D eigenvalue weighted by Crippen LogP contribution is 2.41. The lowest BCUT2D eigenvalue weighted by Crippen LogP contribution is -2.44. The summed E-state index contributed by atoms with van der Waals surface area (Å²) >= 11 is 0. The molecule has 208 valence electrons. The molecule has 8 nitrogen and oxygen atoms in total. The minimum atomic E-state index is -0.656. The molecule has 40 heavy (non-hydrogen) atoms. The number of nitrogens with zero attached hydrogens (tertiary/aromatic N) is 5. The lowest BCUT2D eigenvalue weighted by molar-refractivity contribution is 0.108. The molecular weight excluding hydrogens is 514 g/mol. The average Bonchev–Trinajstić information content (AvgIpc) is 3.57. The standard InChI is InChI=1S/C30H32F2N6O2/c1-39-28-23-26(24(32)25(34-28)22-17-20(31)16-19-6-2-3-7-21(19)22)35-29(36-27(23)37-14-10-33-11-15-37)40-18-30-8-4-12-38(30)13-5-9-30/h2-3,6-7,16-17,33H,4-5,8-15,18H2,1H3. The largest absolute Gasteiger partial charge is 0.480 e. The number of piperazine rings is 1. The molecule has 2 aromatic carbocycles. The van der Waals surface area contributed by atoms with Crippen molar-refractivity contribution in [1.29, 1.82) is 0 Å². The van der Waals surface area contributed by atoms with Crippen LogP contribution in [0.5, 0.6) is 11.9 Å². The number of fused-ring (bicyclic) bond motifs is 3. The zero-order chi connectivity index (χ0) is 27.3. The summed E-state index contributed by atoms with van der Waals surface area (Å²) in [4.78, 5) is 18.6. The number of nitrogens with one attached hydrogen (secondary N) is 1. The molecule has 5 heterocycles. The maximum absolute atomic E-state index is 16.6. The molecule has 7 rings (SSSR count). The Hall–Kier alpha value is -3.63. The maximum atomic E-state index is 16.6. The molecule has 10 heteroatoms. The van der Waals surface area contributed by atoms with Crippen LogP contribution in [0.25, 0.3) is 32.9 Å². The van der Waals surface area contributed by atoms with Crippen molar-refractivity contribution in [1.82, 2.24) is 25.2 Å². The van der Waals surface area contributed by atoms with E-state index in [0.717, 1.165) is 51.9 Å². The van der Waals surface area contributed by atoms with Gasteiger partial charge in [0.15, 0.2) is 5.82 Å². The van der Waals surface area contributed by atoms with Gasteiger partial charge >= 0.3 is 6.01 Å². The third-order valence-corrected chi connectivity index (χ3v) is 8.69. The quantitative estimate of drug-likeness (QED) is 0.378. The molecule has 2 aromatic heterocycles. The van der Waals surface area contributed by atoms with Gasteiger partial charge < -0.3 is 19.7 Å². The second-order valence-corrected chi connectivity index (χ2v) is 11.0. The summed E-state index contributed by atoms with van der Waals surface area (Å²) in [6.07, 6.45) is 4.45. The van der Waals surface area contributed by atoms with E-state index < -0.39 is 11.6 Å². The van der Waals surface area contributed by atoms with Crippen molar-refractivity contribution in [3.63, 3.8) is 0 Å². The van der Waals surface area contributed by atoms with Gasteiger partial charge in [-0.2, -0.15) is 9.97 Å². The number of hydrogen-bond acceptors (Lipinski definition) is 8. The molecule has 4 aromatic rings.